The van der Waals surface area contributed by atoms with Crippen LogP contribution in [0.5, 0.6) is 11.5 Å². The maximum atomic E-state index is 14.8. The Bertz CT molecular complexity index is 2460. The van der Waals surface area contributed by atoms with Crippen molar-refractivity contribution in [3.8, 4) is 11.5 Å². The first kappa shape index (κ1) is 52.9. The van der Waals surface area contributed by atoms with Crippen molar-refractivity contribution in [2.75, 3.05) is 71.7 Å². The van der Waals surface area contributed by atoms with Gasteiger partial charge in [0.25, 0.3) is 11.8 Å². The number of nitrogens with zero attached hydrogens (tertiary/aromatic N) is 2. The molecule has 1 unspecified atom stereocenters. The molecule has 5 aliphatic rings. The summed E-state index contributed by atoms with van der Waals surface area (Å²) in [4.78, 5) is 95.4. The lowest BCUT2D eigenvalue weighted by Gasteiger charge is -2.35. The summed E-state index contributed by atoms with van der Waals surface area (Å²) in [6.07, 6.45) is 7.35. The van der Waals surface area contributed by atoms with Crippen LogP contribution >= 0.6 is 0 Å². The summed E-state index contributed by atoms with van der Waals surface area (Å²) in [7, 11) is 1.71. The van der Waals surface area contributed by atoms with Crippen LogP contribution in [-0.2, 0) is 44.6 Å². The fourth-order valence-corrected chi connectivity index (χ4v) is 10.5. The van der Waals surface area contributed by atoms with Crippen LogP contribution in [0.2, 0.25) is 0 Å². The monoisotopic (exact) mass is 1010 g/mol. The van der Waals surface area contributed by atoms with E-state index in [4.69, 9.17) is 23.7 Å². The van der Waals surface area contributed by atoms with Crippen molar-refractivity contribution in [2.24, 2.45) is 5.92 Å². The van der Waals surface area contributed by atoms with Crippen molar-refractivity contribution in [1.29, 1.82) is 0 Å². The van der Waals surface area contributed by atoms with Crippen LogP contribution in [0.15, 0.2) is 66.7 Å². The van der Waals surface area contributed by atoms with Crippen molar-refractivity contribution in [3.05, 3.63) is 89.0 Å². The molecule has 7 amide bonds. The lowest BCUT2D eigenvalue weighted by Crippen LogP contribution is -2.58. The first-order valence-electron chi connectivity index (χ1n) is 25.9. The van der Waals surface area contributed by atoms with E-state index in [0.29, 0.717) is 63.4 Å². The molecule has 0 spiro atoms. The van der Waals surface area contributed by atoms with E-state index in [1.165, 1.54) is 5.56 Å². The molecule has 1 saturated carbocycles. The number of nitrogens with one attached hydrogen (secondary N) is 5. The van der Waals surface area contributed by atoms with Gasteiger partial charge >= 0.3 is 0 Å². The quantitative estimate of drug-likeness (QED) is 0.0635. The number of hydrogen-bond acceptors (Lipinski definition) is 14. The highest BCUT2D eigenvalue weighted by atomic mass is 16.6. The molecule has 3 fully saturated rings. The van der Waals surface area contributed by atoms with Gasteiger partial charge in [0, 0.05) is 31.1 Å². The minimum atomic E-state index is -1.04. The zero-order valence-corrected chi connectivity index (χ0v) is 41.8. The van der Waals surface area contributed by atoms with Crippen molar-refractivity contribution in [1.82, 2.24) is 31.1 Å². The summed E-state index contributed by atoms with van der Waals surface area (Å²) in [6.45, 7) is 4.54. The maximum absolute atomic E-state index is 14.8. The molecule has 73 heavy (non-hydrogen) atoms. The highest BCUT2D eigenvalue weighted by molar-refractivity contribution is 6.25. The molecule has 0 bridgehead atoms. The second-order valence-corrected chi connectivity index (χ2v) is 19.3. The Morgan fingerprint density at radius 3 is 2.26 bits per heavy atom. The molecule has 0 aromatic heterocycles. The fraction of sp³-hybridized carbons (Fsp3) is 0.537. The molecule has 0 radical (unpaired) electrons. The largest absolute Gasteiger partial charge is 0.491 e. The molecule has 2 aliphatic carbocycles. The molecule has 19 heteroatoms. The number of benzene rings is 3. The normalized spacial score (nSPS) is 21.7. The number of anilines is 1. The molecule has 2 saturated heterocycles. The molecule has 6 atom stereocenters. The van der Waals surface area contributed by atoms with Gasteiger partial charge in [-0.05, 0) is 93.8 Å². The van der Waals surface area contributed by atoms with E-state index in [2.05, 4.69) is 38.7 Å². The summed E-state index contributed by atoms with van der Waals surface area (Å²) < 4.78 is 29.5. The summed E-state index contributed by atoms with van der Waals surface area (Å²) in [6, 6.07) is 17.1. The van der Waals surface area contributed by atoms with Gasteiger partial charge < -0.3 is 49.9 Å². The predicted molar refractivity (Wildman–Crippen MR) is 268 cm³/mol. The lowest BCUT2D eigenvalue weighted by atomic mass is 9.83. The van der Waals surface area contributed by atoms with Crippen molar-refractivity contribution < 1.29 is 57.2 Å². The average Bonchev–Trinajstić information content (AvgIpc) is 3.94. The number of fused-ring (bicyclic) bond motifs is 2. The second kappa shape index (κ2) is 25.5. The van der Waals surface area contributed by atoms with Gasteiger partial charge in [0.05, 0.1) is 69.4 Å². The number of amides is 7. The second-order valence-electron chi connectivity index (χ2n) is 19.3. The number of hydrogen-bond donors (Lipinski definition) is 5. The number of aryl methyl sites for hydroxylation is 1. The third kappa shape index (κ3) is 13.2. The number of ether oxygens (including phenoxy) is 5. The molecule has 8 rings (SSSR count). The van der Waals surface area contributed by atoms with Gasteiger partial charge in [0.15, 0.2) is 0 Å². The highest BCUT2D eigenvalue weighted by Crippen LogP contribution is 2.35. The van der Waals surface area contributed by atoms with Gasteiger partial charge in [-0.1, -0.05) is 55.7 Å². The van der Waals surface area contributed by atoms with Crippen LogP contribution in [0.3, 0.4) is 0 Å². The van der Waals surface area contributed by atoms with Gasteiger partial charge in [0.2, 0.25) is 29.5 Å². The van der Waals surface area contributed by atoms with E-state index in [9.17, 15) is 33.6 Å². The Balaban J connectivity index is 0.760. The van der Waals surface area contributed by atoms with Crippen LogP contribution in [0.25, 0.3) is 0 Å². The molecular formula is C54H69N7O12. The van der Waals surface area contributed by atoms with Crippen LogP contribution in [-0.4, -0.2) is 148 Å². The van der Waals surface area contributed by atoms with Gasteiger partial charge in [-0.2, -0.15) is 0 Å². The highest BCUT2D eigenvalue weighted by Gasteiger charge is 2.47. The van der Waals surface area contributed by atoms with Crippen LogP contribution < -0.4 is 36.1 Å². The van der Waals surface area contributed by atoms with Crippen LogP contribution in [0, 0.1) is 5.92 Å². The average molecular weight is 1010 g/mol. The molecule has 3 heterocycles. The fourth-order valence-electron chi connectivity index (χ4n) is 10.5. The third-order valence-corrected chi connectivity index (χ3v) is 14.4. The number of likely N-dealkylation sites (N-methyl/N-ethyl adjacent to an activating group) is 1. The maximum Gasteiger partial charge on any atom is 0.264 e. The predicted octanol–water partition coefficient (Wildman–Crippen LogP) is 3.84. The molecule has 5 N–H and O–H groups in total. The number of piperidine rings is 1. The lowest BCUT2D eigenvalue weighted by molar-refractivity contribution is -0.143. The Kier molecular flexibility index (Phi) is 18.5. The molecule has 19 nitrogen and oxygen atoms in total. The minimum absolute atomic E-state index is 0.0333. The Morgan fingerprint density at radius 2 is 1.49 bits per heavy atom. The molecule has 3 aliphatic heterocycles. The Morgan fingerprint density at radius 1 is 0.767 bits per heavy atom. The van der Waals surface area contributed by atoms with E-state index in [1.807, 2.05) is 30.3 Å². The SMILES string of the molecule is CN[C@@H](C)C(=O)N[C@H](C(=O)N1C[C@@H](Oc2cccc(OCCOCCOCCOCCNc3cccc4c3C(=O)N(C3CCC(=O)NC3=O)C4=O)c2)C[C@H]1C(=O)N[C@@H]1CCCc2ccccc21)C1CCCCC1. The third-order valence-electron chi connectivity index (χ3n) is 14.4. The van der Waals surface area contributed by atoms with Crippen molar-refractivity contribution in [2.45, 2.75) is 114 Å². The van der Waals surface area contributed by atoms with Crippen LogP contribution in [0.1, 0.15) is 109 Å². The summed E-state index contributed by atoms with van der Waals surface area (Å²) in [5, 5.41) is 14.7. The number of likely N-dealkylation sites (tertiary alicyclic amines) is 1. The molecule has 3 aromatic rings. The zero-order valence-electron chi connectivity index (χ0n) is 41.8. The zero-order chi connectivity index (χ0) is 51.3. The Hall–Kier alpha value is -6.41. The first-order chi connectivity index (χ1) is 35.5. The first-order valence-corrected chi connectivity index (χ1v) is 25.9. The van der Waals surface area contributed by atoms with E-state index in [0.717, 1.165) is 61.8 Å². The standard InChI is InChI=1S/C54H69N7O12/c1-34(55-2)49(63)59-48(36-12-4-3-5-13-36)54(68)60-33-39(32-45(60)51(65)57-42-19-8-14-35-11-6-7-17-40(35)42)73-38-16-9-15-37(31-38)72-30-29-71-28-27-70-26-25-69-24-23-56-43-20-10-18-41-47(43)53(67)61(52(41)66)44-21-22-46(62)58-50(44)64/h6-7,9-11,15-18,20,31,34,36,39,42,44-45,48,55-56H,3-5,8,12-14,19,21-30,32-33H2,1-2H3,(H,57,65)(H,59,63)(H,58,62,64)/t34-,39-,42+,44?,45-,48-/m0/s1. The van der Waals surface area contributed by atoms with Gasteiger partial charge in [-0.3, -0.25) is 43.8 Å². The summed E-state index contributed by atoms with van der Waals surface area (Å²) >= 11 is 0. The molecular weight excluding hydrogens is 939 g/mol. The summed E-state index contributed by atoms with van der Waals surface area (Å²) in [5.74, 6) is -1.88. The minimum Gasteiger partial charge on any atom is -0.491 e. The Labute approximate surface area is 426 Å². The molecule has 392 valence electrons. The number of carbonyl (C=O) groups excluding carboxylic acids is 7. The molecule has 3 aromatic carbocycles. The summed E-state index contributed by atoms with van der Waals surface area (Å²) in [5.41, 5.74) is 3.18. The van der Waals surface area contributed by atoms with E-state index in [1.54, 1.807) is 43.1 Å². The van der Waals surface area contributed by atoms with Crippen molar-refractivity contribution >= 4 is 47.0 Å². The number of rotatable bonds is 24. The van der Waals surface area contributed by atoms with Gasteiger partial charge in [0.1, 0.15) is 42.3 Å². The van der Waals surface area contributed by atoms with E-state index >= 15 is 0 Å². The van der Waals surface area contributed by atoms with E-state index < -0.39 is 53.9 Å². The van der Waals surface area contributed by atoms with Crippen LogP contribution in [0.4, 0.5) is 5.69 Å². The topological polar surface area (TPSA) is 232 Å². The van der Waals surface area contributed by atoms with E-state index in [-0.39, 0.29) is 73.2 Å². The van der Waals surface area contributed by atoms with Gasteiger partial charge in [-0.25, -0.2) is 0 Å². The number of carbonyl (C=O) groups is 7. The van der Waals surface area contributed by atoms with Gasteiger partial charge in [-0.15, -0.1) is 0 Å². The number of imide groups is 2. The van der Waals surface area contributed by atoms with Crippen molar-refractivity contribution in [3.63, 3.8) is 0 Å². The smallest absolute Gasteiger partial charge is 0.264 e.